The van der Waals surface area contributed by atoms with Gasteiger partial charge >= 0.3 is 5.97 Å². The van der Waals surface area contributed by atoms with E-state index in [1.807, 2.05) is 37.3 Å². The number of aryl methyl sites for hydroxylation is 1. The van der Waals surface area contributed by atoms with E-state index in [-0.39, 0.29) is 18.1 Å². The molecule has 0 unspecified atom stereocenters. The van der Waals surface area contributed by atoms with Crippen molar-refractivity contribution < 1.29 is 31.6 Å². The summed E-state index contributed by atoms with van der Waals surface area (Å²) in [6.07, 6.45) is 1.46. The Bertz CT molecular complexity index is 890. The zero-order valence-electron chi connectivity index (χ0n) is 16.3. The number of benzene rings is 2. The molecule has 2 aromatic rings. The molecule has 0 aromatic heterocycles. The minimum absolute atomic E-state index is 0.0529. The first kappa shape index (κ1) is 22.6. The normalized spacial score (nSPS) is 12.6. The van der Waals surface area contributed by atoms with E-state index in [4.69, 9.17) is 13.7 Å². The van der Waals surface area contributed by atoms with E-state index in [9.17, 15) is 13.2 Å². The minimum atomic E-state index is -3.95. The summed E-state index contributed by atoms with van der Waals surface area (Å²) in [4.78, 5) is 11.2. The van der Waals surface area contributed by atoms with Gasteiger partial charge in [0.2, 0.25) is 0 Å². The van der Waals surface area contributed by atoms with Gasteiger partial charge in [-0.2, -0.15) is 8.42 Å². The zero-order chi connectivity index (χ0) is 21.1. The summed E-state index contributed by atoms with van der Waals surface area (Å²) >= 11 is 0. The Morgan fingerprint density at radius 2 is 1.72 bits per heavy atom. The van der Waals surface area contributed by atoms with Crippen LogP contribution in [0.4, 0.5) is 0 Å². The lowest BCUT2D eigenvalue weighted by Crippen LogP contribution is -2.26. The molecule has 0 N–H and O–H groups in total. The van der Waals surface area contributed by atoms with Crippen LogP contribution in [0.15, 0.2) is 71.8 Å². The number of carbonyl (C=O) groups excluding carboxylic acids is 1. The van der Waals surface area contributed by atoms with E-state index in [0.717, 1.165) is 23.5 Å². The minimum Gasteiger partial charge on any atom is -0.493 e. The summed E-state index contributed by atoms with van der Waals surface area (Å²) < 4.78 is 45.3. The molecule has 0 aliphatic carbocycles. The highest BCUT2D eigenvalue weighted by atomic mass is 32.2. The molecule has 0 heterocycles. The fraction of sp³-hybridized carbons (Fsp3) is 0.286. The molecular formula is C21H24O7S. The van der Waals surface area contributed by atoms with Crippen LogP contribution in [-0.4, -0.2) is 40.8 Å². The zero-order valence-corrected chi connectivity index (χ0v) is 17.1. The molecule has 0 bridgehead atoms. The van der Waals surface area contributed by atoms with Crippen LogP contribution in [0.2, 0.25) is 0 Å². The van der Waals surface area contributed by atoms with Gasteiger partial charge < -0.3 is 14.2 Å². The van der Waals surface area contributed by atoms with Crippen molar-refractivity contribution in [2.45, 2.75) is 24.5 Å². The average molecular weight is 420 g/mol. The van der Waals surface area contributed by atoms with Crippen molar-refractivity contribution in [3.63, 3.8) is 0 Å². The van der Waals surface area contributed by atoms with Crippen LogP contribution in [0.1, 0.15) is 11.1 Å². The molecule has 29 heavy (non-hydrogen) atoms. The SMILES string of the molecule is COC(=O)/C=C/O[C@H](COCc1ccccc1)COS(=O)(=O)c1ccc(C)cc1. The Hall–Kier alpha value is -2.68. The van der Waals surface area contributed by atoms with Gasteiger partial charge in [-0.1, -0.05) is 48.0 Å². The van der Waals surface area contributed by atoms with Gasteiger partial charge in [0, 0.05) is 0 Å². The topological polar surface area (TPSA) is 88.1 Å². The molecule has 2 rings (SSSR count). The van der Waals surface area contributed by atoms with Gasteiger partial charge in [0.25, 0.3) is 10.1 Å². The Morgan fingerprint density at radius 1 is 1.03 bits per heavy atom. The summed E-state index contributed by atoms with van der Waals surface area (Å²) in [5.41, 5.74) is 1.90. The Morgan fingerprint density at radius 3 is 2.38 bits per heavy atom. The third-order valence-corrected chi connectivity index (χ3v) is 5.11. The molecule has 2 aromatic carbocycles. The molecule has 0 spiro atoms. The number of carbonyl (C=O) groups is 1. The van der Waals surface area contributed by atoms with Crippen LogP contribution < -0.4 is 0 Å². The number of esters is 1. The van der Waals surface area contributed by atoms with Crippen LogP contribution in [0.5, 0.6) is 0 Å². The second kappa shape index (κ2) is 11.4. The Labute approximate surface area is 171 Å². The second-order valence-corrected chi connectivity index (χ2v) is 7.75. The lowest BCUT2D eigenvalue weighted by molar-refractivity contribution is -0.135. The van der Waals surface area contributed by atoms with Crippen molar-refractivity contribution >= 4 is 16.1 Å². The highest BCUT2D eigenvalue weighted by Gasteiger charge is 2.19. The number of ether oxygens (including phenoxy) is 3. The van der Waals surface area contributed by atoms with Crippen LogP contribution in [0, 0.1) is 6.92 Å². The van der Waals surface area contributed by atoms with Crippen LogP contribution in [0.25, 0.3) is 0 Å². The first-order chi connectivity index (χ1) is 13.9. The molecule has 156 valence electrons. The molecule has 0 aliphatic rings. The third-order valence-electron chi connectivity index (χ3n) is 3.81. The maximum absolute atomic E-state index is 12.4. The van der Waals surface area contributed by atoms with E-state index in [0.29, 0.717) is 6.61 Å². The van der Waals surface area contributed by atoms with Crippen molar-refractivity contribution in [1.29, 1.82) is 0 Å². The van der Waals surface area contributed by atoms with Crippen molar-refractivity contribution in [1.82, 2.24) is 0 Å². The highest BCUT2D eigenvalue weighted by molar-refractivity contribution is 7.86. The number of hydrogen-bond acceptors (Lipinski definition) is 7. The molecule has 0 saturated carbocycles. The second-order valence-electron chi connectivity index (χ2n) is 6.14. The van der Waals surface area contributed by atoms with Crippen LogP contribution in [0.3, 0.4) is 0 Å². The maximum atomic E-state index is 12.4. The highest BCUT2D eigenvalue weighted by Crippen LogP contribution is 2.14. The third kappa shape index (κ3) is 8.06. The van der Waals surface area contributed by atoms with E-state index >= 15 is 0 Å². The Balaban J connectivity index is 1.96. The average Bonchev–Trinajstić information content (AvgIpc) is 2.72. The van der Waals surface area contributed by atoms with Crippen molar-refractivity contribution in [2.75, 3.05) is 20.3 Å². The summed E-state index contributed by atoms with van der Waals surface area (Å²) in [7, 11) is -2.71. The van der Waals surface area contributed by atoms with Crippen molar-refractivity contribution in [2.24, 2.45) is 0 Å². The van der Waals surface area contributed by atoms with Gasteiger partial charge in [0.05, 0.1) is 37.6 Å². The first-order valence-electron chi connectivity index (χ1n) is 8.88. The monoisotopic (exact) mass is 420 g/mol. The summed E-state index contributed by atoms with van der Waals surface area (Å²) in [5, 5.41) is 0. The van der Waals surface area contributed by atoms with Gasteiger partial charge in [-0.3, -0.25) is 4.18 Å². The predicted molar refractivity (Wildman–Crippen MR) is 106 cm³/mol. The van der Waals surface area contributed by atoms with Gasteiger partial charge in [0.15, 0.2) is 0 Å². The number of methoxy groups -OCH3 is 1. The van der Waals surface area contributed by atoms with Gasteiger partial charge in [-0.25, -0.2) is 4.79 Å². The van der Waals surface area contributed by atoms with E-state index in [2.05, 4.69) is 4.74 Å². The molecule has 0 radical (unpaired) electrons. The fourth-order valence-corrected chi connectivity index (χ4v) is 3.16. The Kier molecular flexibility index (Phi) is 8.85. The lowest BCUT2D eigenvalue weighted by Gasteiger charge is -2.17. The summed E-state index contributed by atoms with van der Waals surface area (Å²) in [6, 6.07) is 15.8. The van der Waals surface area contributed by atoms with Crippen LogP contribution >= 0.6 is 0 Å². The van der Waals surface area contributed by atoms with Gasteiger partial charge in [0.1, 0.15) is 12.7 Å². The van der Waals surface area contributed by atoms with E-state index in [1.165, 1.54) is 19.2 Å². The van der Waals surface area contributed by atoms with E-state index in [1.54, 1.807) is 12.1 Å². The quantitative estimate of drug-likeness (QED) is 0.239. The largest absolute Gasteiger partial charge is 0.493 e. The smallest absolute Gasteiger partial charge is 0.333 e. The molecule has 0 fully saturated rings. The van der Waals surface area contributed by atoms with Gasteiger partial charge in [-0.05, 0) is 24.6 Å². The molecular weight excluding hydrogens is 396 g/mol. The molecule has 8 heteroatoms. The summed E-state index contributed by atoms with van der Waals surface area (Å²) in [5.74, 6) is -0.595. The first-order valence-corrected chi connectivity index (χ1v) is 10.3. The van der Waals surface area contributed by atoms with Gasteiger partial charge in [-0.15, -0.1) is 0 Å². The molecule has 7 nitrogen and oxygen atoms in total. The van der Waals surface area contributed by atoms with Crippen molar-refractivity contribution in [3.05, 3.63) is 78.1 Å². The number of rotatable bonds is 11. The molecule has 0 aliphatic heterocycles. The van der Waals surface area contributed by atoms with Crippen LogP contribution in [-0.2, 0) is 39.9 Å². The molecule has 0 saturated heterocycles. The maximum Gasteiger partial charge on any atom is 0.333 e. The standard InChI is InChI=1S/C21H24O7S/c1-17-8-10-20(11-9-17)29(23,24)28-16-19(27-13-12-21(22)25-2)15-26-14-18-6-4-3-5-7-18/h3-13,19H,14-16H2,1-2H3/b13-12+/t19-/m1/s1. The molecule has 0 amide bonds. The van der Waals surface area contributed by atoms with Crippen molar-refractivity contribution in [3.8, 4) is 0 Å². The fourth-order valence-electron chi connectivity index (χ4n) is 2.22. The predicted octanol–water partition coefficient (Wildman–Crippen LogP) is 2.99. The summed E-state index contributed by atoms with van der Waals surface area (Å²) in [6.45, 7) is 1.96. The lowest BCUT2D eigenvalue weighted by atomic mass is 10.2. The van der Waals surface area contributed by atoms with E-state index < -0.39 is 22.2 Å². The molecule has 1 atom stereocenters. The number of hydrogen-bond donors (Lipinski definition) is 0.